The molecule has 0 saturated carbocycles. The zero-order valence-electron chi connectivity index (χ0n) is 33.6. The third-order valence-electron chi connectivity index (χ3n) is 11.3. The number of aliphatic hydroxyl groups excluding tert-OH is 1. The highest BCUT2D eigenvalue weighted by Crippen LogP contribution is 2.42. The lowest BCUT2D eigenvalue weighted by Crippen LogP contribution is -2.36. The van der Waals surface area contributed by atoms with Gasteiger partial charge in [-0.15, -0.1) is 0 Å². The number of rotatable bonds is 33. The van der Waals surface area contributed by atoms with Crippen LogP contribution in [0.4, 0.5) is 9.59 Å². The molecular formula is C37H64N4O13P2S2-2. The van der Waals surface area contributed by atoms with Crippen LogP contribution in [0.5, 0.6) is 0 Å². The molecule has 10 atom stereocenters. The van der Waals surface area contributed by atoms with Crippen molar-refractivity contribution >= 4 is 62.8 Å². The van der Waals surface area contributed by atoms with E-state index < -0.39 is 27.5 Å². The highest BCUT2D eigenvalue weighted by atomic mass is 32.2. The van der Waals surface area contributed by atoms with E-state index in [2.05, 4.69) is 25.8 Å². The van der Waals surface area contributed by atoms with Gasteiger partial charge in [-0.3, -0.25) is 18.7 Å². The largest absolute Gasteiger partial charge is 0.756 e. The highest BCUT2D eigenvalue weighted by Gasteiger charge is 2.43. The van der Waals surface area contributed by atoms with Crippen LogP contribution in [0.2, 0.25) is 0 Å². The Hall–Kier alpha value is -1.24. The Labute approximate surface area is 351 Å². The van der Waals surface area contributed by atoms with E-state index in [1.54, 1.807) is 0 Å². The van der Waals surface area contributed by atoms with Gasteiger partial charge in [0, 0.05) is 73.2 Å². The van der Waals surface area contributed by atoms with E-state index in [0.717, 1.165) is 63.6 Å². The predicted octanol–water partition coefficient (Wildman–Crippen LogP) is 4.33. The van der Waals surface area contributed by atoms with Crippen LogP contribution in [-0.2, 0) is 36.8 Å². The summed E-state index contributed by atoms with van der Waals surface area (Å²) in [6.07, 6.45) is 12.3. The van der Waals surface area contributed by atoms with Crippen LogP contribution in [0.25, 0.3) is 0 Å². The molecule has 58 heavy (non-hydrogen) atoms. The summed E-state index contributed by atoms with van der Waals surface area (Å²) >= 11 is 3.73. The van der Waals surface area contributed by atoms with Gasteiger partial charge in [0.05, 0.1) is 44.0 Å². The van der Waals surface area contributed by atoms with Gasteiger partial charge in [-0.2, -0.15) is 23.5 Å². The van der Waals surface area contributed by atoms with Crippen molar-refractivity contribution in [2.45, 2.75) is 150 Å². The molecule has 0 bridgehead atoms. The number of hydrogen-bond acceptors (Lipinski definition) is 15. The summed E-state index contributed by atoms with van der Waals surface area (Å²) in [5.74, 6) is 1.16. The molecule has 0 aliphatic carbocycles. The van der Waals surface area contributed by atoms with Crippen LogP contribution in [0.15, 0.2) is 0 Å². The maximum absolute atomic E-state index is 12.6. The number of carbonyl (C=O) groups is 4. The van der Waals surface area contributed by atoms with E-state index in [1.807, 2.05) is 23.5 Å². The molecule has 0 spiro atoms. The van der Waals surface area contributed by atoms with Crippen LogP contribution in [0.3, 0.4) is 0 Å². The first-order chi connectivity index (χ1) is 27.8. The van der Waals surface area contributed by atoms with Crippen molar-refractivity contribution in [1.82, 2.24) is 21.3 Å². The van der Waals surface area contributed by atoms with Gasteiger partial charge in [-0.1, -0.05) is 38.5 Å². The Bertz CT molecular complexity index is 1420. The van der Waals surface area contributed by atoms with Crippen LogP contribution in [0, 0.1) is 11.8 Å². The number of thioether (sulfide) groups is 2. The molecule has 4 fully saturated rings. The standard InChI is InChI=1S/C37H66N4O13P2S2/c1-51-55(47,48)52-22-27(13-5-3-7-15-29(44)17-9-11-19-33-35-31(25-58-33)39-37(46)41-35)23-54-56(49,50)53-21-26(20-42)12-4-2-6-14-28(43)16-8-10-18-32-34-30(24-57-32)38-36(45)40-34/h26-27,30-35,42H,2-25H2,1H3,(H,47,48)(H,49,50)(H2,38,40,45)(H2,39,41,46)/p-2. The first-order valence-electron chi connectivity index (χ1n) is 20.9. The molecule has 4 saturated heterocycles. The first kappa shape index (κ1) is 49.4. The zero-order chi connectivity index (χ0) is 42.0. The Morgan fingerprint density at radius 3 is 1.52 bits per heavy atom. The van der Waals surface area contributed by atoms with E-state index >= 15 is 0 Å². The molecule has 334 valence electrons. The van der Waals surface area contributed by atoms with Crippen molar-refractivity contribution in [3.8, 4) is 0 Å². The summed E-state index contributed by atoms with van der Waals surface area (Å²) in [7, 11) is -8.38. The van der Waals surface area contributed by atoms with Gasteiger partial charge < -0.3 is 54.3 Å². The molecule has 4 rings (SSSR count). The normalized spacial score (nSPS) is 26.8. The number of phosphoric ester groups is 2. The fourth-order valence-electron chi connectivity index (χ4n) is 7.86. The Balaban J connectivity index is 1.03. The molecule has 17 nitrogen and oxygen atoms in total. The number of urea groups is 2. The van der Waals surface area contributed by atoms with Crippen molar-refractivity contribution < 1.29 is 61.3 Å². The topological polar surface area (TPSA) is 254 Å². The minimum Gasteiger partial charge on any atom is -0.756 e. The number of unbranched alkanes of at least 4 members (excludes halogenated alkanes) is 6. The number of phosphoric acid groups is 2. The van der Waals surface area contributed by atoms with Gasteiger partial charge >= 0.3 is 12.1 Å². The molecule has 4 aliphatic rings. The van der Waals surface area contributed by atoms with Crippen molar-refractivity contribution in [1.29, 1.82) is 0 Å². The second-order valence-corrected chi connectivity index (χ2v) is 21.4. The third kappa shape index (κ3) is 18.0. The average molecular weight is 899 g/mol. The minimum atomic E-state index is -4.79. The van der Waals surface area contributed by atoms with Crippen molar-refractivity contribution in [3.63, 3.8) is 0 Å². The van der Waals surface area contributed by atoms with Crippen molar-refractivity contribution in [2.75, 3.05) is 45.0 Å². The molecule has 0 aromatic carbocycles. The maximum atomic E-state index is 12.6. The number of Topliss-reactive ketones (excluding diaryl/α,β-unsaturated/α-hetero) is 2. The molecular weight excluding hydrogens is 835 g/mol. The Kier molecular flexibility index (Phi) is 21.8. The fourth-order valence-corrected chi connectivity index (χ4v) is 12.3. The third-order valence-corrected chi connectivity index (χ3v) is 16.1. The summed E-state index contributed by atoms with van der Waals surface area (Å²) < 4.78 is 43.8. The highest BCUT2D eigenvalue weighted by molar-refractivity contribution is 8.00. The van der Waals surface area contributed by atoms with Crippen LogP contribution in [-0.4, -0.2) is 108 Å². The lowest BCUT2D eigenvalue weighted by Gasteiger charge is -2.28. The molecule has 0 aromatic heterocycles. The number of amides is 4. The van der Waals surface area contributed by atoms with Crippen LogP contribution >= 0.6 is 39.2 Å². The lowest BCUT2D eigenvalue weighted by molar-refractivity contribution is -0.229. The Morgan fingerprint density at radius 1 is 0.655 bits per heavy atom. The first-order valence-corrected chi connectivity index (χ1v) is 25.9. The number of ketones is 2. The monoisotopic (exact) mass is 898 g/mol. The van der Waals surface area contributed by atoms with E-state index in [-0.39, 0.29) is 74.2 Å². The molecule has 0 aromatic rings. The van der Waals surface area contributed by atoms with E-state index in [4.69, 9.17) is 13.6 Å². The van der Waals surface area contributed by atoms with Gasteiger partial charge in [0.15, 0.2) is 0 Å². The maximum Gasteiger partial charge on any atom is 0.315 e. The van der Waals surface area contributed by atoms with E-state index in [0.29, 0.717) is 81.1 Å². The molecule has 0 radical (unpaired) electrons. The van der Waals surface area contributed by atoms with Gasteiger partial charge in [-0.05, 0) is 51.4 Å². The number of fused-ring (bicyclic) bond motifs is 2. The average Bonchev–Trinajstić information content (AvgIpc) is 3.95. The molecule has 4 heterocycles. The smallest absolute Gasteiger partial charge is 0.315 e. The molecule has 4 amide bonds. The van der Waals surface area contributed by atoms with Crippen LogP contribution in [0.1, 0.15) is 116 Å². The zero-order valence-corrected chi connectivity index (χ0v) is 37.1. The summed E-state index contributed by atoms with van der Waals surface area (Å²) in [4.78, 5) is 72.3. The van der Waals surface area contributed by atoms with Gasteiger partial charge in [0.25, 0.3) is 15.6 Å². The second-order valence-electron chi connectivity index (χ2n) is 15.9. The van der Waals surface area contributed by atoms with Gasteiger partial charge in [0.1, 0.15) is 11.6 Å². The minimum absolute atomic E-state index is 0.0953. The quantitative estimate of drug-likeness (QED) is 0.0349. The summed E-state index contributed by atoms with van der Waals surface area (Å²) in [5, 5.41) is 22.4. The summed E-state index contributed by atoms with van der Waals surface area (Å²) in [6, 6.07) is 0.521. The SMILES string of the molecule is COP(=O)([O-])OCC(CCCCCC(=O)CCCCC1SCC2NC(=O)NC21)COP(=O)([O-])OCC(CO)CCCCCC(=O)CCCCC1SCC2NC(=O)NC21. The molecule has 21 heteroatoms. The van der Waals surface area contributed by atoms with E-state index in [1.165, 1.54) is 0 Å². The fraction of sp³-hybridized carbons (Fsp3) is 0.892. The van der Waals surface area contributed by atoms with Crippen molar-refractivity contribution in [3.05, 3.63) is 0 Å². The van der Waals surface area contributed by atoms with Gasteiger partial charge in [0.2, 0.25) is 0 Å². The lowest BCUT2D eigenvalue weighted by atomic mass is 9.99. The van der Waals surface area contributed by atoms with E-state index in [9.17, 15) is 43.2 Å². The van der Waals surface area contributed by atoms with Crippen molar-refractivity contribution in [2.24, 2.45) is 11.8 Å². The summed E-state index contributed by atoms with van der Waals surface area (Å²) in [6.45, 7) is -1.29. The number of aliphatic hydroxyl groups is 1. The van der Waals surface area contributed by atoms with Gasteiger partial charge in [-0.25, -0.2) is 9.59 Å². The number of carbonyl (C=O) groups excluding carboxylic acids is 4. The molecule has 10 unspecified atom stereocenters. The Morgan fingerprint density at radius 2 is 1.07 bits per heavy atom. The number of nitrogens with one attached hydrogen (secondary N) is 4. The predicted molar refractivity (Wildman–Crippen MR) is 218 cm³/mol. The number of hydrogen-bond donors (Lipinski definition) is 5. The second kappa shape index (κ2) is 25.6. The molecule has 5 N–H and O–H groups in total. The van der Waals surface area contributed by atoms with Crippen LogP contribution < -0.4 is 31.1 Å². The summed E-state index contributed by atoms with van der Waals surface area (Å²) in [5.41, 5.74) is 0. The molecule has 4 aliphatic heterocycles.